The Labute approximate surface area is 134 Å². The highest BCUT2D eigenvalue weighted by atomic mass is 32.1. The maximum atomic E-state index is 12.6. The summed E-state index contributed by atoms with van der Waals surface area (Å²) in [7, 11) is 0. The van der Waals surface area contributed by atoms with Gasteiger partial charge in [-0.05, 0) is 12.5 Å². The Kier molecular flexibility index (Phi) is 3.16. The van der Waals surface area contributed by atoms with E-state index in [-0.39, 0.29) is 10.3 Å². The van der Waals surface area contributed by atoms with Crippen molar-refractivity contribution in [1.29, 1.82) is 0 Å². The van der Waals surface area contributed by atoms with E-state index in [0.717, 1.165) is 30.8 Å². The summed E-state index contributed by atoms with van der Waals surface area (Å²) < 4.78 is 37.8. The fourth-order valence-corrected chi connectivity index (χ4v) is 4.64. The van der Waals surface area contributed by atoms with Gasteiger partial charge in [0, 0.05) is 36.2 Å². The van der Waals surface area contributed by atoms with E-state index in [1.807, 2.05) is 0 Å². The van der Waals surface area contributed by atoms with E-state index in [9.17, 15) is 18.0 Å². The first-order valence-corrected chi connectivity index (χ1v) is 8.22. The van der Waals surface area contributed by atoms with Crippen LogP contribution in [0.1, 0.15) is 24.1 Å². The van der Waals surface area contributed by atoms with Gasteiger partial charge in [-0.1, -0.05) is 0 Å². The van der Waals surface area contributed by atoms with Crippen LogP contribution in [0.4, 0.5) is 19.0 Å². The van der Waals surface area contributed by atoms with Crippen molar-refractivity contribution in [3.8, 4) is 0 Å². The molecule has 2 aliphatic rings. The summed E-state index contributed by atoms with van der Waals surface area (Å²) in [5, 5.41) is 0.680. The molecule has 0 unspecified atom stereocenters. The van der Waals surface area contributed by atoms with Crippen LogP contribution in [0.5, 0.6) is 0 Å². The van der Waals surface area contributed by atoms with Crippen molar-refractivity contribution in [2.24, 2.45) is 5.41 Å². The van der Waals surface area contributed by atoms with E-state index < -0.39 is 12.6 Å². The summed E-state index contributed by atoms with van der Waals surface area (Å²) in [4.78, 5) is 22.6. The summed E-state index contributed by atoms with van der Waals surface area (Å²) in [6.07, 6.45) is -1.60. The standard InChI is InChI=1S/C15H14F3N3OS/c16-15(17,18)6-10-3-11-12(19-8-20-13(11)23-10)21-2-1-14(7-21)4-9(22)5-14/h3,8H,1-2,4-7H2. The number of carbonyl (C=O) groups excluding carboxylic acids is 1. The summed E-state index contributed by atoms with van der Waals surface area (Å²) in [6, 6.07) is 1.56. The molecule has 1 aliphatic heterocycles. The Balaban J connectivity index is 1.64. The number of Topliss-reactive ketones (excluding diaryl/α,β-unsaturated/α-hetero) is 1. The van der Waals surface area contributed by atoms with Crippen LogP contribution in [0.25, 0.3) is 10.2 Å². The minimum Gasteiger partial charge on any atom is -0.355 e. The Bertz CT molecular complexity index is 778. The monoisotopic (exact) mass is 341 g/mol. The highest BCUT2D eigenvalue weighted by Gasteiger charge is 2.48. The number of anilines is 1. The van der Waals surface area contributed by atoms with Crippen LogP contribution in [0.2, 0.25) is 0 Å². The van der Waals surface area contributed by atoms with E-state index in [2.05, 4.69) is 14.9 Å². The van der Waals surface area contributed by atoms with Crippen LogP contribution in [0.3, 0.4) is 0 Å². The predicted molar refractivity (Wildman–Crippen MR) is 80.7 cm³/mol. The molecule has 1 spiro atoms. The highest BCUT2D eigenvalue weighted by Crippen LogP contribution is 2.47. The van der Waals surface area contributed by atoms with Gasteiger partial charge in [0.1, 0.15) is 22.8 Å². The molecule has 1 saturated carbocycles. The smallest absolute Gasteiger partial charge is 0.355 e. The first-order chi connectivity index (χ1) is 10.8. The van der Waals surface area contributed by atoms with Crippen LogP contribution in [-0.4, -0.2) is 35.0 Å². The predicted octanol–water partition coefficient (Wildman–Crippen LogP) is 3.36. The Morgan fingerprint density at radius 2 is 2.09 bits per heavy atom. The van der Waals surface area contributed by atoms with Gasteiger partial charge in [-0.25, -0.2) is 9.97 Å². The van der Waals surface area contributed by atoms with Gasteiger partial charge in [0.15, 0.2) is 0 Å². The number of ketones is 1. The number of thiophene rings is 1. The molecule has 3 heterocycles. The molecule has 0 bridgehead atoms. The summed E-state index contributed by atoms with van der Waals surface area (Å²) >= 11 is 1.07. The van der Waals surface area contributed by atoms with Crippen molar-refractivity contribution in [2.75, 3.05) is 18.0 Å². The molecule has 0 radical (unpaired) electrons. The van der Waals surface area contributed by atoms with E-state index in [0.29, 0.717) is 34.7 Å². The molecule has 0 amide bonds. The molecule has 2 aromatic heterocycles. The van der Waals surface area contributed by atoms with Gasteiger partial charge < -0.3 is 4.90 Å². The molecule has 0 atom stereocenters. The maximum Gasteiger partial charge on any atom is 0.393 e. The van der Waals surface area contributed by atoms with Gasteiger partial charge in [0.2, 0.25) is 0 Å². The number of rotatable bonds is 2. The lowest BCUT2D eigenvalue weighted by Crippen LogP contribution is -2.40. The molecule has 1 saturated heterocycles. The van der Waals surface area contributed by atoms with Crippen molar-refractivity contribution in [1.82, 2.24) is 9.97 Å². The number of hydrogen-bond acceptors (Lipinski definition) is 5. The third-order valence-electron chi connectivity index (χ3n) is 4.62. The zero-order chi connectivity index (χ0) is 16.2. The maximum absolute atomic E-state index is 12.6. The lowest BCUT2D eigenvalue weighted by Gasteiger charge is -2.36. The lowest BCUT2D eigenvalue weighted by atomic mass is 9.67. The second-order valence-electron chi connectivity index (χ2n) is 6.48. The van der Waals surface area contributed by atoms with Crippen molar-refractivity contribution < 1.29 is 18.0 Å². The third-order valence-corrected chi connectivity index (χ3v) is 5.66. The molecule has 2 fully saturated rings. The number of fused-ring (bicyclic) bond motifs is 1. The average Bonchev–Trinajstić information content (AvgIpc) is 2.99. The van der Waals surface area contributed by atoms with Crippen LogP contribution in [0.15, 0.2) is 12.4 Å². The minimum atomic E-state index is -4.22. The molecular formula is C15H14F3N3OS. The summed E-state index contributed by atoms with van der Waals surface area (Å²) in [5.41, 5.74) is 0.0547. The average molecular weight is 341 g/mol. The molecule has 8 heteroatoms. The molecule has 4 rings (SSSR count). The SMILES string of the molecule is O=C1CC2(CCN(c3ncnc4sc(CC(F)(F)F)cc34)C2)C1. The van der Waals surface area contributed by atoms with Gasteiger partial charge in [-0.2, -0.15) is 13.2 Å². The van der Waals surface area contributed by atoms with Gasteiger partial charge in [0.05, 0.1) is 11.8 Å². The quantitative estimate of drug-likeness (QED) is 0.840. The van der Waals surface area contributed by atoms with Gasteiger partial charge in [0.25, 0.3) is 0 Å². The third kappa shape index (κ3) is 2.69. The van der Waals surface area contributed by atoms with Crippen molar-refractivity contribution >= 4 is 33.2 Å². The number of carbonyl (C=O) groups is 1. The molecule has 1 aliphatic carbocycles. The fraction of sp³-hybridized carbons (Fsp3) is 0.533. The zero-order valence-electron chi connectivity index (χ0n) is 12.2. The second-order valence-corrected chi connectivity index (χ2v) is 7.60. The molecule has 23 heavy (non-hydrogen) atoms. The minimum absolute atomic E-state index is 0.0547. The molecule has 0 aromatic carbocycles. The second kappa shape index (κ2) is 4.90. The van der Waals surface area contributed by atoms with E-state index in [4.69, 9.17) is 0 Å². The summed E-state index contributed by atoms with van der Waals surface area (Å²) in [5.74, 6) is 0.985. The first kappa shape index (κ1) is 14.9. The van der Waals surface area contributed by atoms with Crippen molar-refractivity contribution in [3.63, 3.8) is 0 Å². The number of aromatic nitrogens is 2. The van der Waals surface area contributed by atoms with Crippen molar-refractivity contribution in [2.45, 2.75) is 31.9 Å². The molecule has 122 valence electrons. The normalized spacial score (nSPS) is 20.5. The molecule has 0 N–H and O–H groups in total. The zero-order valence-corrected chi connectivity index (χ0v) is 13.0. The molecular weight excluding hydrogens is 327 g/mol. The molecule has 2 aromatic rings. The van der Waals surface area contributed by atoms with E-state index in [1.165, 1.54) is 6.33 Å². The number of alkyl halides is 3. The van der Waals surface area contributed by atoms with E-state index in [1.54, 1.807) is 6.07 Å². The van der Waals surface area contributed by atoms with Gasteiger partial charge in [-0.3, -0.25) is 4.79 Å². The fourth-order valence-electron chi connectivity index (χ4n) is 3.62. The Hall–Kier alpha value is -1.70. The van der Waals surface area contributed by atoms with Gasteiger partial charge in [-0.15, -0.1) is 11.3 Å². The number of hydrogen-bond donors (Lipinski definition) is 0. The van der Waals surface area contributed by atoms with Crippen LogP contribution in [0, 0.1) is 5.41 Å². The summed E-state index contributed by atoms with van der Waals surface area (Å²) in [6.45, 7) is 1.53. The number of nitrogens with zero attached hydrogens (tertiary/aromatic N) is 3. The van der Waals surface area contributed by atoms with E-state index >= 15 is 0 Å². The van der Waals surface area contributed by atoms with Crippen molar-refractivity contribution in [3.05, 3.63) is 17.3 Å². The lowest BCUT2D eigenvalue weighted by molar-refractivity contribution is -0.131. The van der Waals surface area contributed by atoms with Crippen LogP contribution >= 0.6 is 11.3 Å². The highest BCUT2D eigenvalue weighted by molar-refractivity contribution is 7.18. The van der Waals surface area contributed by atoms with Crippen LogP contribution < -0.4 is 4.90 Å². The Morgan fingerprint density at radius 3 is 2.78 bits per heavy atom. The largest absolute Gasteiger partial charge is 0.393 e. The first-order valence-electron chi connectivity index (χ1n) is 7.40. The number of halogens is 3. The van der Waals surface area contributed by atoms with Crippen LogP contribution in [-0.2, 0) is 11.2 Å². The molecule has 4 nitrogen and oxygen atoms in total. The topological polar surface area (TPSA) is 46.1 Å². The van der Waals surface area contributed by atoms with Gasteiger partial charge >= 0.3 is 6.18 Å². The Morgan fingerprint density at radius 1 is 1.30 bits per heavy atom.